The Balaban J connectivity index is 1.37. The highest BCUT2D eigenvalue weighted by Crippen LogP contribution is 2.18. The summed E-state index contributed by atoms with van der Waals surface area (Å²) in [7, 11) is 1.59. The van der Waals surface area contributed by atoms with Crippen LogP contribution in [0.5, 0.6) is 5.75 Å². The Morgan fingerprint density at radius 3 is 2.50 bits per heavy atom. The van der Waals surface area contributed by atoms with E-state index >= 15 is 0 Å². The molecule has 0 aliphatic carbocycles. The summed E-state index contributed by atoms with van der Waals surface area (Å²) >= 11 is 1.33. The first kappa shape index (κ1) is 23.3. The van der Waals surface area contributed by atoms with E-state index in [1.54, 1.807) is 31.4 Å². The number of amides is 3. The zero-order chi connectivity index (χ0) is 22.8. The molecule has 0 radical (unpaired) electrons. The second-order valence-corrected chi connectivity index (χ2v) is 8.30. The van der Waals surface area contributed by atoms with Gasteiger partial charge >= 0.3 is 6.03 Å². The van der Waals surface area contributed by atoms with Gasteiger partial charge in [0.15, 0.2) is 5.13 Å². The zero-order valence-corrected chi connectivity index (χ0v) is 19.1. The predicted octanol–water partition coefficient (Wildman–Crippen LogP) is 4.87. The van der Waals surface area contributed by atoms with Crippen molar-refractivity contribution in [3.8, 4) is 5.75 Å². The molecule has 3 aromatic rings. The highest BCUT2D eigenvalue weighted by Gasteiger charge is 2.11. The van der Waals surface area contributed by atoms with Gasteiger partial charge < -0.3 is 15.4 Å². The fourth-order valence-corrected chi connectivity index (χ4v) is 3.84. The molecule has 3 amide bonds. The first-order valence-corrected chi connectivity index (χ1v) is 11.4. The number of nitrogens with zero attached hydrogens (tertiary/aromatic N) is 1. The molecule has 0 aliphatic heterocycles. The van der Waals surface area contributed by atoms with Gasteiger partial charge in [-0.25, -0.2) is 9.78 Å². The number of thiazole rings is 1. The predicted molar refractivity (Wildman–Crippen MR) is 128 cm³/mol. The zero-order valence-electron chi connectivity index (χ0n) is 18.3. The van der Waals surface area contributed by atoms with Gasteiger partial charge in [0.2, 0.25) is 5.91 Å². The molecule has 8 heteroatoms. The number of urea groups is 1. The Kier molecular flexibility index (Phi) is 8.62. The van der Waals surface area contributed by atoms with Crippen molar-refractivity contribution in [2.45, 2.75) is 38.6 Å². The van der Waals surface area contributed by atoms with Crippen LogP contribution in [0.3, 0.4) is 0 Å². The van der Waals surface area contributed by atoms with Gasteiger partial charge in [-0.3, -0.25) is 10.1 Å². The van der Waals surface area contributed by atoms with Gasteiger partial charge in [0.05, 0.1) is 12.8 Å². The number of anilines is 2. The molecule has 7 nitrogen and oxygen atoms in total. The Bertz CT molecular complexity index is 1010. The third-order valence-corrected chi connectivity index (χ3v) is 5.65. The van der Waals surface area contributed by atoms with Crippen LogP contribution in [-0.4, -0.2) is 30.1 Å². The number of aryl methyl sites for hydroxylation is 2. The summed E-state index contributed by atoms with van der Waals surface area (Å²) in [6.45, 7) is 2.02. The number of rotatable bonds is 10. The van der Waals surface area contributed by atoms with Gasteiger partial charge in [0, 0.05) is 23.5 Å². The maximum absolute atomic E-state index is 12.2. The van der Waals surface area contributed by atoms with Crippen molar-refractivity contribution in [1.29, 1.82) is 0 Å². The first-order valence-electron chi connectivity index (χ1n) is 10.5. The number of carbonyl (C=O) groups excluding carboxylic acids is 2. The largest absolute Gasteiger partial charge is 0.497 e. The highest BCUT2D eigenvalue weighted by atomic mass is 32.1. The third-order valence-electron chi connectivity index (χ3n) is 4.84. The smallest absolute Gasteiger partial charge is 0.325 e. The lowest BCUT2D eigenvalue weighted by Gasteiger charge is -2.13. The van der Waals surface area contributed by atoms with E-state index in [0.717, 1.165) is 24.3 Å². The lowest BCUT2D eigenvalue weighted by molar-refractivity contribution is -0.121. The number of aromatic nitrogens is 1. The van der Waals surface area contributed by atoms with Crippen LogP contribution in [0.1, 0.15) is 31.0 Å². The SMILES string of the molecule is COc1ccc(NC(=O)Nc2nc(CCC(=O)NC(C)CCc3ccccc3)cs2)cc1. The van der Waals surface area contributed by atoms with Crippen molar-refractivity contribution < 1.29 is 14.3 Å². The molecule has 1 heterocycles. The van der Waals surface area contributed by atoms with E-state index in [0.29, 0.717) is 23.7 Å². The van der Waals surface area contributed by atoms with Crippen LogP contribution < -0.4 is 20.7 Å². The van der Waals surface area contributed by atoms with Gasteiger partial charge in [-0.05, 0) is 56.0 Å². The van der Waals surface area contributed by atoms with E-state index in [1.165, 1.54) is 16.9 Å². The summed E-state index contributed by atoms with van der Waals surface area (Å²) in [6, 6.07) is 17.0. The lowest BCUT2D eigenvalue weighted by Crippen LogP contribution is -2.33. The van der Waals surface area contributed by atoms with Gasteiger partial charge in [0.25, 0.3) is 0 Å². The van der Waals surface area contributed by atoms with Crippen molar-refractivity contribution in [1.82, 2.24) is 10.3 Å². The molecule has 0 saturated heterocycles. The van der Waals surface area contributed by atoms with E-state index in [1.807, 2.05) is 30.5 Å². The van der Waals surface area contributed by atoms with Crippen LogP contribution in [0.2, 0.25) is 0 Å². The van der Waals surface area contributed by atoms with E-state index in [-0.39, 0.29) is 18.0 Å². The number of nitrogens with one attached hydrogen (secondary N) is 3. The molecule has 1 aromatic heterocycles. The normalized spacial score (nSPS) is 11.4. The molecule has 3 N–H and O–H groups in total. The van der Waals surface area contributed by atoms with Crippen molar-refractivity contribution in [3.63, 3.8) is 0 Å². The minimum Gasteiger partial charge on any atom is -0.497 e. The van der Waals surface area contributed by atoms with E-state index in [2.05, 4.69) is 33.1 Å². The molecule has 1 atom stereocenters. The fraction of sp³-hybridized carbons (Fsp3) is 0.292. The average Bonchev–Trinajstić information content (AvgIpc) is 3.24. The second-order valence-electron chi connectivity index (χ2n) is 7.44. The van der Waals surface area contributed by atoms with Crippen molar-refractivity contribution in [2.24, 2.45) is 0 Å². The third kappa shape index (κ3) is 7.70. The maximum atomic E-state index is 12.2. The topological polar surface area (TPSA) is 92.3 Å². The Morgan fingerprint density at radius 1 is 1.03 bits per heavy atom. The lowest BCUT2D eigenvalue weighted by atomic mass is 10.1. The standard InChI is InChI=1S/C24H28N4O3S/c1-17(8-9-18-6-4-3-5-7-18)25-22(29)15-12-20-16-32-24(27-20)28-23(30)26-19-10-13-21(31-2)14-11-19/h3-7,10-11,13-14,16-17H,8-9,12,15H2,1-2H3,(H,25,29)(H2,26,27,28,30). The number of hydrogen-bond donors (Lipinski definition) is 3. The number of methoxy groups -OCH3 is 1. The minimum absolute atomic E-state index is 0.00493. The van der Waals surface area contributed by atoms with E-state index in [4.69, 9.17) is 4.74 Å². The molecule has 0 fully saturated rings. The van der Waals surface area contributed by atoms with Gasteiger partial charge in [0.1, 0.15) is 5.75 Å². The van der Waals surface area contributed by atoms with Crippen LogP contribution in [0.25, 0.3) is 0 Å². The summed E-state index contributed by atoms with van der Waals surface area (Å²) in [5, 5.41) is 10.8. The maximum Gasteiger partial charge on any atom is 0.325 e. The van der Waals surface area contributed by atoms with E-state index < -0.39 is 0 Å². The van der Waals surface area contributed by atoms with Crippen LogP contribution in [0.15, 0.2) is 60.0 Å². The van der Waals surface area contributed by atoms with Crippen LogP contribution in [0, 0.1) is 0 Å². The molecular weight excluding hydrogens is 424 g/mol. The van der Waals surface area contributed by atoms with Gasteiger partial charge in [-0.15, -0.1) is 11.3 Å². The molecule has 0 spiro atoms. The molecule has 1 unspecified atom stereocenters. The quantitative estimate of drug-likeness (QED) is 0.409. The minimum atomic E-state index is -0.374. The van der Waals surface area contributed by atoms with Crippen molar-refractivity contribution in [3.05, 3.63) is 71.2 Å². The summed E-state index contributed by atoms with van der Waals surface area (Å²) in [6.07, 6.45) is 2.71. The van der Waals surface area contributed by atoms with Gasteiger partial charge in [-0.1, -0.05) is 30.3 Å². The first-order chi connectivity index (χ1) is 15.5. The second kappa shape index (κ2) is 11.9. The summed E-state index contributed by atoms with van der Waals surface area (Å²) < 4.78 is 5.10. The van der Waals surface area contributed by atoms with Gasteiger partial charge in [-0.2, -0.15) is 0 Å². The van der Waals surface area contributed by atoms with Crippen LogP contribution >= 0.6 is 11.3 Å². The highest BCUT2D eigenvalue weighted by molar-refractivity contribution is 7.13. The number of ether oxygens (including phenoxy) is 1. The summed E-state index contributed by atoms with van der Waals surface area (Å²) in [4.78, 5) is 28.8. The fourth-order valence-electron chi connectivity index (χ4n) is 3.10. The Labute approximate surface area is 192 Å². The molecule has 0 saturated carbocycles. The Hall–Kier alpha value is -3.39. The molecule has 168 valence electrons. The molecule has 32 heavy (non-hydrogen) atoms. The Morgan fingerprint density at radius 2 is 1.78 bits per heavy atom. The monoisotopic (exact) mass is 452 g/mol. The summed E-state index contributed by atoms with van der Waals surface area (Å²) in [5.74, 6) is 0.723. The number of carbonyl (C=O) groups is 2. The van der Waals surface area contributed by atoms with Crippen molar-refractivity contribution in [2.75, 3.05) is 17.7 Å². The molecule has 0 bridgehead atoms. The number of benzene rings is 2. The molecule has 2 aromatic carbocycles. The van der Waals surface area contributed by atoms with Crippen LogP contribution in [0.4, 0.5) is 15.6 Å². The average molecular weight is 453 g/mol. The number of hydrogen-bond acceptors (Lipinski definition) is 5. The molecular formula is C24H28N4O3S. The molecule has 0 aliphatic rings. The summed E-state index contributed by atoms with van der Waals surface area (Å²) in [5.41, 5.74) is 2.70. The van der Waals surface area contributed by atoms with Crippen LogP contribution in [-0.2, 0) is 17.6 Å². The van der Waals surface area contributed by atoms with Crippen molar-refractivity contribution >= 4 is 34.1 Å². The van der Waals surface area contributed by atoms with E-state index in [9.17, 15) is 9.59 Å². The molecule has 3 rings (SSSR count).